The van der Waals surface area contributed by atoms with Gasteiger partial charge in [0.15, 0.2) is 5.78 Å². The second-order valence-corrected chi connectivity index (χ2v) is 11.2. The van der Waals surface area contributed by atoms with Crippen LogP contribution in [0.2, 0.25) is 0 Å². The summed E-state index contributed by atoms with van der Waals surface area (Å²) in [6.07, 6.45) is 4.84. The Hall–Kier alpha value is -4.41. The molecule has 10 heteroatoms. The topological polar surface area (TPSA) is 142 Å². The minimum atomic E-state index is -1.74. The molecular weight excluding hydrogens is 543 g/mol. The van der Waals surface area contributed by atoms with E-state index in [1.165, 1.54) is 18.6 Å². The fraction of sp³-hybridized carbons (Fsp3) is 0.303. The molecular formula is C33H37BN4O5. The number of fused-ring (bicyclic) bond motifs is 1. The Kier molecular flexibility index (Phi) is 11.1. The van der Waals surface area contributed by atoms with Gasteiger partial charge in [-0.3, -0.25) is 19.4 Å². The van der Waals surface area contributed by atoms with Crippen LogP contribution in [0.25, 0.3) is 10.8 Å². The first-order chi connectivity index (χ1) is 20.7. The molecule has 0 aliphatic rings. The largest absolute Gasteiger partial charge is 0.475 e. The summed E-state index contributed by atoms with van der Waals surface area (Å²) >= 11 is 0. The lowest BCUT2D eigenvalue weighted by atomic mass is 9.74. The molecule has 4 aromatic rings. The number of hydrogen-bond acceptors (Lipinski definition) is 7. The van der Waals surface area contributed by atoms with E-state index in [1.54, 1.807) is 0 Å². The number of rotatable bonds is 14. The predicted molar refractivity (Wildman–Crippen MR) is 166 cm³/mol. The van der Waals surface area contributed by atoms with Gasteiger partial charge in [0, 0.05) is 24.7 Å². The zero-order valence-electron chi connectivity index (χ0n) is 24.4. The van der Waals surface area contributed by atoms with Crippen LogP contribution >= 0.6 is 0 Å². The minimum Gasteiger partial charge on any atom is -0.426 e. The van der Waals surface area contributed by atoms with Crippen LogP contribution in [0.3, 0.4) is 0 Å². The Bertz CT molecular complexity index is 1520. The third-order valence-corrected chi connectivity index (χ3v) is 7.30. The Morgan fingerprint density at radius 2 is 1.56 bits per heavy atom. The van der Waals surface area contributed by atoms with Crippen LogP contribution in [-0.4, -0.2) is 56.7 Å². The SMILES string of the molecule is CC(C)C[C@H](NC(=O)[C@@H](CC(=O)[C@H](Cc1ccc2ccccc2c1)NC(=O)c1cnccn1)Cc1ccccc1)B(O)O. The van der Waals surface area contributed by atoms with Crippen molar-refractivity contribution in [2.75, 3.05) is 0 Å². The van der Waals surface area contributed by atoms with E-state index in [0.29, 0.717) is 6.42 Å². The van der Waals surface area contributed by atoms with Crippen molar-refractivity contribution in [2.45, 2.75) is 51.5 Å². The predicted octanol–water partition coefficient (Wildman–Crippen LogP) is 3.33. The highest BCUT2D eigenvalue weighted by Gasteiger charge is 2.32. The highest BCUT2D eigenvalue weighted by Crippen LogP contribution is 2.20. The molecule has 0 bridgehead atoms. The molecule has 9 nitrogen and oxygen atoms in total. The number of benzene rings is 3. The number of hydrogen-bond donors (Lipinski definition) is 4. The molecule has 2 amide bonds. The van der Waals surface area contributed by atoms with Gasteiger partial charge in [-0.25, -0.2) is 4.98 Å². The molecule has 0 fully saturated rings. The van der Waals surface area contributed by atoms with Crippen LogP contribution in [0.4, 0.5) is 0 Å². The Labute approximate surface area is 251 Å². The smallest absolute Gasteiger partial charge is 0.426 e. The number of aromatic nitrogens is 2. The van der Waals surface area contributed by atoms with Gasteiger partial charge in [0.25, 0.3) is 5.91 Å². The fourth-order valence-electron chi connectivity index (χ4n) is 5.10. The number of carbonyl (C=O) groups is 3. The summed E-state index contributed by atoms with van der Waals surface area (Å²) in [6.45, 7) is 3.84. The molecule has 43 heavy (non-hydrogen) atoms. The van der Waals surface area contributed by atoms with Crippen molar-refractivity contribution in [3.05, 3.63) is 108 Å². The minimum absolute atomic E-state index is 0.0749. The lowest BCUT2D eigenvalue weighted by Gasteiger charge is -2.25. The average Bonchev–Trinajstić information content (AvgIpc) is 3.00. The molecule has 0 spiro atoms. The summed E-state index contributed by atoms with van der Waals surface area (Å²) in [4.78, 5) is 48.6. The average molecular weight is 580 g/mol. The highest BCUT2D eigenvalue weighted by molar-refractivity contribution is 6.43. The number of nitrogens with one attached hydrogen (secondary N) is 2. The highest BCUT2D eigenvalue weighted by atomic mass is 16.4. The van der Waals surface area contributed by atoms with Gasteiger partial charge in [-0.2, -0.15) is 0 Å². The van der Waals surface area contributed by atoms with E-state index in [4.69, 9.17) is 0 Å². The van der Waals surface area contributed by atoms with E-state index in [1.807, 2.05) is 86.6 Å². The van der Waals surface area contributed by atoms with Crippen molar-refractivity contribution in [2.24, 2.45) is 11.8 Å². The zero-order valence-corrected chi connectivity index (χ0v) is 24.4. The normalized spacial score (nSPS) is 13.2. The van der Waals surface area contributed by atoms with E-state index in [2.05, 4.69) is 20.6 Å². The first-order valence-electron chi connectivity index (χ1n) is 14.5. The standard InChI is InChI=1S/C33H37BN4O5/c1-22(2)16-31(34(42)43)38-32(40)27(17-23-8-4-3-5-9-23)20-30(39)28(37-33(41)29-21-35-14-15-36-29)19-24-12-13-25-10-6-7-11-26(25)18-24/h3-15,18,21-22,27-28,31,42-43H,16-17,19-20H2,1-2H3,(H,37,41)(H,38,40)/t27-,28+,31+/m1/s1. The van der Waals surface area contributed by atoms with Gasteiger partial charge in [0.05, 0.1) is 18.2 Å². The number of ketones is 1. The van der Waals surface area contributed by atoms with Gasteiger partial charge in [-0.15, -0.1) is 0 Å². The summed E-state index contributed by atoms with van der Waals surface area (Å²) < 4.78 is 0. The van der Waals surface area contributed by atoms with Crippen LogP contribution in [0.1, 0.15) is 48.3 Å². The first kappa shape index (κ1) is 31.5. The Balaban J connectivity index is 1.60. The molecule has 1 aromatic heterocycles. The van der Waals surface area contributed by atoms with Crippen molar-refractivity contribution >= 4 is 35.5 Å². The van der Waals surface area contributed by atoms with Gasteiger partial charge in [-0.05, 0) is 47.1 Å². The molecule has 0 aliphatic heterocycles. The maximum absolute atomic E-state index is 14.0. The first-order valence-corrected chi connectivity index (χ1v) is 14.5. The summed E-state index contributed by atoms with van der Waals surface area (Å²) in [7, 11) is -1.74. The van der Waals surface area contributed by atoms with E-state index < -0.39 is 36.8 Å². The van der Waals surface area contributed by atoms with Crippen LogP contribution in [0.15, 0.2) is 91.4 Å². The van der Waals surface area contributed by atoms with Crippen molar-refractivity contribution in [3.8, 4) is 0 Å². The van der Waals surface area contributed by atoms with E-state index in [9.17, 15) is 24.4 Å². The zero-order chi connectivity index (χ0) is 30.8. The summed E-state index contributed by atoms with van der Waals surface area (Å²) in [5, 5.41) is 27.5. The Morgan fingerprint density at radius 3 is 2.23 bits per heavy atom. The molecule has 0 aliphatic carbocycles. The van der Waals surface area contributed by atoms with Crippen molar-refractivity contribution in [3.63, 3.8) is 0 Å². The maximum Gasteiger partial charge on any atom is 0.475 e. The number of Topliss-reactive ketones (excluding diaryl/α,β-unsaturated/α-hetero) is 1. The molecule has 0 saturated carbocycles. The fourth-order valence-corrected chi connectivity index (χ4v) is 5.10. The van der Waals surface area contributed by atoms with Crippen LogP contribution in [0.5, 0.6) is 0 Å². The lowest BCUT2D eigenvalue weighted by Crippen LogP contribution is -2.50. The van der Waals surface area contributed by atoms with Crippen LogP contribution < -0.4 is 10.6 Å². The second kappa shape index (κ2) is 15.2. The summed E-state index contributed by atoms with van der Waals surface area (Å²) in [5.74, 6) is -2.92. The Morgan fingerprint density at radius 1 is 0.837 bits per heavy atom. The molecule has 3 atom stereocenters. The number of nitrogens with zero attached hydrogens (tertiary/aromatic N) is 2. The quantitative estimate of drug-likeness (QED) is 0.168. The van der Waals surface area contributed by atoms with E-state index >= 15 is 0 Å². The summed E-state index contributed by atoms with van der Waals surface area (Å²) in [5.41, 5.74) is 1.78. The number of amides is 2. The molecule has 222 valence electrons. The van der Waals surface area contributed by atoms with Crippen molar-refractivity contribution in [1.29, 1.82) is 0 Å². The van der Waals surface area contributed by atoms with Crippen LogP contribution in [-0.2, 0) is 22.4 Å². The molecule has 0 unspecified atom stereocenters. The van der Waals surface area contributed by atoms with E-state index in [0.717, 1.165) is 21.9 Å². The van der Waals surface area contributed by atoms with Crippen LogP contribution in [0, 0.1) is 11.8 Å². The molecule has 1 heterocycles. The second-order valence-electron chi connectivity index (χ2n) is 11.2. The lowest BCUT2D eigenvalue weighted by molar-refractivity contribution is -0.130. The maximum atomic E-state index is 14.0. The monoisotopic (exact) mass is 580 g/mol. The molecule has 3 aromatic carbocycles. The van der Waals surface area contributed by atoms with Gasteiger partial charge in [0.1, 0.15) is 5.69 Å². The van der Waals surface area contributed by atoms with Gasteiger partial charge in [0.2, 0.25) is 5.91 Å². The van der Waals surface area contributed by atoms with Gasteiger partial charge >= 0.3 is 7.12 Å². The molecule has 0 radical (unpaired) electrons. The molecule has 4 rings (SSSR count). The van der Waals surface area contributed by atoms with Gasteiger partial charge < -0.3 is 20.7 Å². The summed E-state index contributed by atoms with van der Waals surface area (Å²) in [6, 6.07) is 22.1. The van der Waals surface area contributed by atoms with Crippen molar-refractivity contribution in [1.82, 2.24) is 20.6 Å². The van der Waals surface area contributed by atoms with Crippen molar-refractivity contribution < 1.29 is 24.4 Å². The molecule has 4 N–H and O–H groups in total. The van der Waals surface area contributed by atoms with E-state index in [-0.39, 0.29) is 36.7 Å². The van der Waals surface area contributed by atoms with Gasteiger partial charge in [-0.1, -0.05) is 86.6 Å². The third kappa shape index (κ3) is 9.29. The third-order valence-electron chi connectivity index (χ3n) is 7.30. The number of carbonyl (C=O) groups excluding carboxylic acids is 3. The molecule has 0 saturated heterocycles.